The van der Waals surface area contributed by atoms with Crippen LogP contribution in [0.15, 0.2) is 29.2 Å². The molecule has 1 aliphatic carbocycles. The monoisotopic (exact) mass is 308 g/mol. The maximum atomic E-state index is 12.6. The van der Waals surface area contributed by atoms with Crippen LogP contribution in [-0.2, 0) is 19.1 Å². The average molecular weight is 308 g/mol. The summed E-state index contributed by atoms with van der Waals surface area (Å²) in [4.78, 5) is 0.353. The van der Waals surface area contributed by atoms with Gasteiger partial charge in [-0.05, 0) is 46.6 Å². The standard InChI is InChI=1S/C15H21BO4S/c1-14(2)15(3,4)20-16(19-14)12-7-5-6-8-13(12)21(17,18)11-9-10-11/h5-8,11H,9-10H2,1-4H3. The van der Waals surface area contributed by atoms with E-state index in [9.17, 15) is 8.42 Å². The van der Waals surface area contributed by atoms with Crippen molar-refractivity contribution >= 4 is 22.4 Å². The van der Waals surface area contributed by atoms with Gasteiger partial charge >= 0.3 is 7.12 Å². The highest BCUT2D eigenvalue weighted by molar-refractivity contribution is 7.92. The Morgan fingerprint density at radius 1 is 1.05 bits per heavy atom. The Morgan fingerprint density at radius 3 is 2.10 bits per heavy atom. The van der Waals surface area contributed by atoms with Crippen LogP contribution in [0.2, 0.25) is 0 Å². The molecule has 1 aromatic rings. The molecule has 0 bridgehead atoms. The van der Waals surface area contributed by atoms with Crippen LogP contribution in [0.25, 0.3) is 0 Å². The lowest BCUT2D eigenvalue weighted by atomic mass is 9.79. The molecule has 21 heavy (non-hydrogen) atoms. The molecule has 0 atom stereocenters. The minimum Gasteiger partial charge on any atom is -0.399 e. The van der Waals surface area contributed by atoms with Crippen molar-refractivity contribution in [2.24, 2.45) is 0 Å². The molecule has 1 heterocycles. The molecule has 0 amide bonds. The molecule has 1 saturated heterocycles. The first kappa shape index (κ1) is 15.1. The summed E-state index contributed by atoms with van der Waals surface area (Å²) in [7, 11) is -3.91. The largest absolute Gasteiger partial charge is 0.496 e. The molecular weight excluding hydrogens is 287 g/mol. The molecular formula is C15H21BO4S. The summed E-state index contributed by atoms with van der Waals surface area (Å²) in [6, 6.07) is 7.03. The van der Waals surface area contributed by atoms with Gasteiger partial charge in [-0.3, -0.25) is 0 Å². The smallest absolute Gasteiger partial charge is 0.399 e. The predicted molar refractivity (Wildman–Crippen MR) is 82.4 cm³/mol. The van der Waals surface area contributed by atoms with Crippen molar-refractivity contribution < 1.29 is 17.7 Å². The van der Waals surface area contributed by atoms with E-state index in [2.05, 4.69) is 0 Å². The summed E-state index contributed by atoms with van der Waals surface area (Å²) in [6.07, 6.45) is 1.50. The second-order valence-electron chi connectivity index (χ2n) is 6.87. The zero-order valence-electron chi connectivity index (χ0n) is 12.9. The van der Waals surface area contributed by atoms with Crippen molar-refractivity contribution in [3.8, 4) is 0 Å². The van der Waals surface area contributed by atoms with Crippen LogP contribution in [0.4, 0.5) is 0 Å². The van der Waals surface area contributed by atoms with E-state index < -0.39 is 28.2 Å². The van der Waals surface area contributed by atoms with E-state index >= 15 is 0 Å². The molecule has 2 fully saturated rings. The Labute approximate surface area is 126 Å². The predicted octanol–water partition coefficient (Wildman–Crippen LogP) is 1.92. The highest BCUT2D eigenvalue weighted by Crippen LogP contribution is 2.38. The molecule has 0 aromatic heterocycles. The van der Waals surface area contributed by atoms with Gasteiger partial charge in [0, 0.05) is 5.46 Å². The zero-order valence-corrected chi connectivity index (χ0v) is 13.7. The van der Waals surface area contributed by atoms with Gasteiger partial charge in [0.15, 0.2) is 9.84 Å². The number of hydrogen-bond donors (Lipinski definition) is 0. The minimum absolute atomic E-state index is 0.235. The van der Waals surface area contributed by atoms with Crippen molar-refractivity contribution in [3.05, 3.63) is 24.3 Å². The Kier molecular flexibility index (Phi) is 3.28. The summed E-state index contributed by atoms with van der Waals surface area (Å²) in [5.41, 5.74) is -0.342. The number of benzene rings is 1. The van der Waals surface area contributed by atoms with Crippen LogP contribution in [0.3, 0.4) is 0 Å². The Balaban J connectivity index is 2.02. The number of rotatable bonds is 3. The van der Waals surface area contributed by atoms with Crippen molar-refractivity contribution in [2.45, 2.75) is 61.9 Å². The Hall–Kier alpha value is -0.845. The molecule has 3 rings (SSSR count). The van der Waals surface area contributed by atoms with Crippen LogP contribution in [-0.4, -0.2) is 32.0 Å². The molecule has 6 heteroatoms. The van der Waals surface area contributed by atoms with Crippen molar-refractivity contribution in [3.63, 3.8) is 0 Å². The lowest BCUT2D eigenvalue weighted by Crippen LogP contribution is -2.41. The summed E-state index contributed by atoms with van der Waals surface area (Å²) < 4.78 is 37.2. The van der Waals surface area contributed by atoms with E-state index in [-0.39, 0.29) is 5.25 Å². The van der Waals surface area contributed by atoms with Gasteiger partial charge in [-0.2, -0.15) is 0 Å². The van der Waals surface area contributed by atoms with Crippen LogP contribution in [0, 0.1) is 0 Å². The van der Waals surface area contributed by atoms with Gasteiger partial charge in [0.05, 0.1) is 21.3 Å². The van der Waals surface area contributed by atoms with Gasteiger partial charge in [-0.25, -0.2) is 8.42 Å². The topological polar surface area (TPSA) is 52.6 Å². The van der Waals surface area contributed by atoms with E-state index in [1.165, 1.54) is 0 Å². The molecule has 1 aromatic carbocycles. The third kappa shape index (κ3) is 2.43. The zero-order chi connectivity index (χ0) is 15.5. The molecule has 0 radical (unpaired) electrons. The summed E-state index contributed by atoms with van der Waals surface area (Å²) in [5.74, 6) is 0. The van der Waals surface area contributed by atoms with E-state index in [1.54, 1.807) is 18.2 Å². The third-order valence-electron chi connectivity index (χ3n) is 4.70. The second kappa shape index (κ2) is 4.57. The van der Waals surface area contributed by atoms with Crippen LogP contribution in [0.1, 0.15) is 40.5 Å². The van der Waals surface area contributed by atoms with Crippen LogP contribution in [0.5, 0.6) is 0 Å². The SMILES string of the molecule is CC1(C)OB(c2ccccc2S(=O)(=O)C2CC2)OC1(C)C. The molecule has 2 aliphatic rings. The maximum absolute atomic E-state index is 12.6. The molecule has 0 spiro atoms. The first-order valence-corrected chi connectivity index (χ1v) is 8.88. The van der Waals surface area contributed by atoms with E-state index in [0.717, 1.165) is 12.8 Å². The van der Waals surface area contributed by atoms with Crippen molar-refractivity contribution in [1.82, 2.24) is 0 Å². The van der Waals surface area contributed by atoms with E-state index in [0.29, 0.717) is 10.4 Å². The lowest BCUT2D eigenvalue weighted by molar-refractivity contribution is 0.00578. The fourth-order valence-electron chi connectivity index (χ4n) is 2.46. The maximum Gasteiger partial charge on any atom is 0.496 e. The summed E-state index contributed by atoms with van der Waals surface area (Å²) >= 11 is 0. The molecule has 114 valence electrons. The van der Waals surface area contributed by atoms with Gasteiger partial charge in [0.25, 0.3) is 0 Å². The first-order valence-electron chi connectivity index (χ1n) is 7.34. The quantitative estimate of drug-likeness (QED) is 0.801. The van der Waals surface area contributed by atoms with Crippen LogP contribution >= 0.6 is 0 Å². The summed E-state index contributed by atoms with van der Waals surface area (Å²) in [5, 5.41) is -0.235. The van der Waals surface area contributed by atoms with Crippen molar-refractivity contribution in [1.29, 1.82) is 0 Å². The number of sulfone groups is 1. The Bertz CT molecular complexity index is 646. The third-order valence-corrected chi connectivity index (χ3v) is 7.03. The Morgan fingerprint density at radius 2 is 1.57 bits per heavy atom. The molecule has 1 saturated carbocycles. The summed E-state index contributed by atoms with van der Waals surface area (Å²) in [6.45, 7) is 7.85. The molecule has 0 N–H and O–H groups in total. The molecule has 1 aliphatic heterocycles. The van der Waals surface area contributed by atoms with E-state index in [1.807, 2.05) is 33.8 Å². The van der Waals surface area contributed by atoms with Gasteiger partial charge in [-0.1, -0.05) is 18.2 Å². The highest BCUT2D eigenvalue weighted by Gasteiger charge is 2.53. The van der Waals surface area contributed by atoms with E-state index in [4.69, 9.17) is 9.31 Å². The number of hydrogen-bond acceptors (Lipinski definition) is 4. The van der Waals surface area contributed by atoms with Gasteiger partial charge in [-0.15, -0.1) is 0 Å². The molecule has 4 nitrogen and oxygen atoms in total. The van der Waals surface area contributed by atoms with Gasteiger partial charge < -0.3 is 9.31 Å². The molecule has 0 unspecified atom stereocenters. The second-order valence-corrected chi connectivity index (χ2v) is 9.07. The minimum atomic E-state index is -3.27. The highest BCUT2D eigenvalue weighted by atomic mass is 32.2. The average Bonchev–Trinajstić information content (AvgIpc) is 3.19. The fraction of sp³-hybridized carbons (Fsp3) is 0.600. The lowest BCUT2D eigenvalue weighted by Gasteiger charge is -2.32. The van der Waals surface area contributed by atoms with Gasteiger partial charge in [0.2, 0.25) is 0 Å². The van der Waals surface area contributed by atoms with Crippen molar-refractivity contribution in [2.75, 3.05) is 0 Å². The normalized spacial score (nSPS) is 24.3. The first-order chi connectivity index (χ1) is 9.65. The van der Waals surface area contributed by atoms with Crippen LogP contribution < -0.4 is 5.46 Å². The fourth-order valence-corrected chi connectivity index (χ4v) is 4.34. The van der Waals surface area contributed by atoms with Gasteiger partial charge in [0.1, 0.15) is 0 Å².